The molecule has 0 aliphatic carbocycles. The summed E-state index contributed by atoms with van der Waals surface area (Å²) in [6, 6.07) is 8.81. The zero-order chi connectivity index (χ0) is 14.9. The van der Waals surface area contributed by atoms with E-state index in [1.807, 2.05) is 4.90 Å². The smallest absolute Gasteiger partial charge is 0.227 e. The lowest BCUT2D eigenvalue weighted by Gasteiger charge is -2.37. The Morgan fingerprint density at radius 2 is 2.05 bits per heavy atom. The van der Waals surface area contributed by atoms with Gasteiger partial charge in [0.25, 0.3) is 0 Å². The molecule has 114 valence electrons. The highest BCUT2D eigenvalue weighted by atomic mass is 16.2. The highest BCUT2D eigenvalue weighted by molar-refractivity contribution is 5.95. The predicted molar refractivity (Wildman–Crippen MR) is 86.8 cm³/mol. The number of piperidine rings is 1. The first-order chi connectivity index (χ1) is 10.0. The highest BCUT2D eigenvalue weighted by Crippen LogP contribution is 2.25. The molecule has 3 rings (SSSR count). The fourth-order valence-corrected chi connectivity index (χ4v) is 3.39. The van der Waals surface area contributed by atoms with Crippen molar-refractivity contribution in [3.63, 3.8) is 0 Å². The fourth-order valence-electron chi connectivity index (χ4n) is 3.39. The van der Waals surface area contributed by atoms with Crippen LogP contribution in [0, 0.1) is 0 Å². The van der Waals surface area contributed by atoms with Gasteiger partial charge in [-0.1, -0.05) is 0 Å². The Hall–Kier alpha value is -1.55. The molecule has 0 aromatic heterocycles. The van der Waals surface area contributed by atoms with Crippen LogP contribution < -0.4 is 15.5 Å². The molecule has 2 aliphatic heterocycles. The summed E-state index contributed by atoms with van der Waals surface area (Å²) in [7, 11) is 0. The number of amides is 1. The number of hydrogen-bond acceptors (Lipinski definition) is 3. The van der Waals surface area contributed by atoms with E-state index in [4.69, 9.17) is 0 Å². The van der Waals surface area contributed by atoms with Crippen molar-refractivity contribution in [2.45, 2.75) is 51.1 Å². The lowest BCUT2D eigenvalue weighted by molar-refractivity contribution is -0.117. The van der Waals surface area contributed by atoms with Gasteiger partial charge in [0.15, 0.2) is 0 Å². The topological polar surface area (TPSA) is 44.4 Å². The maximum Gasteiger partial charge on any atom is 0.227 e. The fraction of sp³-hybridized carbons (Fsp3) is 0.588. The minimum absolute atomic E-state index is 0.206. The molecule has 1 atom stereocenters. The number of carbonyl (C=O) groups is 1. The van der Waals surface area contributed by atoms with E-state index < -0.39 is 0 Å². The monoisotopic (exact) mass is 287 g/mol. The molecular formula is C17H25N3O. The van der Waals surface area contributed by atoms with Crippen molar-refractivity contribution >= 4 is 17.3 Å². The van der Waals surface area contributed by atoms with Gasteiger partial charge in [-0.05, 0) is 63.9 Å². The first-order valence-corrected chi connectivity index (χ1v) is 7.95. The number of hydrogen-bond donors (Lipinski definition) is 2. The predicted octanol–water partition coefficient (Wildman–Crippen LogP) is 2.76. The second kappa shape index (κ2) is 5.68. The Labute approximate surface area is 126 Å². The molecule has 4 heteroatoms. The lowest BCUT2D eigenvalue weighted by Crippen LogP contribution is -2.49. The van der Waals surface area contributed by atoms with E-state index in [9.17, 15) is 4.79 Å². The van der Waals surface area contributed by atoms with E-state index in [0.717, 1.165) is 43.7 Å². The zero-order valence-electron chi connectivity index (χ0n) is 13.0. The molecule has 1 aromatic carbocycles. The molecule has 2 fully saturated rings. The minimum Gasteiger partial charge on any atom is -0.382 e. The van der Waals surface area contributed by atoms with Crippen LogP contribution in [0.3, 0.4) is 0 Å². The molecule has 1 aromatic rings. The maximum absolute atomic E-state index is 11.8. The van der Waals surface area contributed by atoms with Crippen LogP contribution in [0.5, 0.6) is 0 Å². The van der Waals surface area contributed by atoms with Gasteiger partial charge >= 0.3 is 0 Å². The van der Waals surface area contributed by atoms with E-state index in [-0.39, 0.29) is 11.4 Å². The van der Waals surface area contributed by atoms with Crippen molar-refractivity contribution in [2.75, 3.05) is 23.3 Å². The molecule has 4 nitrogen and oxygen atoms in total. The normalized spacial score (nSPS) is 25.1. The standard InChI is InChI=1S/C17H25N3O/c1-17(2)12-14(9-10-18-17)19-13-5-7-15(8-6-13)20-11-3-4-16(20)21/h5-8,14,18-19H,3-4,9-12H2,1-2H3. The third-order valence-corrected chi connectivity index (χ3v) is 4.48. The first-order valence-electron chi connectivity index (χ1n) is 7.95. The van der Waals surface area contributed by atoms with Gasteiger partial charge in [-0.25, -0.2) is 0 Å². The van der Waals surface area contributed by atoms with Crippen molar-refractivity contribution in [1.82, 2.24) is 5.32 Å². The molecule has 0 spiro atoms. The van der Waals surface area contributed by atoms with Crippen LogP contribution in [0.25, 0.3) is 0 Å². The van der Waals surface area contributed by atoms with Crippen LogP contribution in [-0.2, 0) is 4.79 Å². The summed E-state index contributed by atoms with van der Waals surface area (Å²) in [5.41, 5.74) is 2.37. The summed E-state index contributed by atoms with van der Waals surface area (Å²) < 4.78 is 0. The Morgan fingerprint density at radius 1 is 1.29 bits per heavy atom. The van der Waals surface area contributed by atoms with E-state index in [0.29, 0.717) is 12.5 Å². The van der Waals surface area contributed by atoms with Crippen LogP contribution >= 0.6 is 0 Å². The average Bonchev–Trinajstić information content (AvgIpc) is 2.85. The maximum atomic E-state index is 11.8. The van der Waals surface area contributed by atoms with Crippen LogP contribution in [0.15, 0.2) is 24.3 Å². The number of nitrogens with zero attached hydrogens (tertiary/aromatic N) is 1. The van der Waals surface area contributed by atoms with Gasteiger partial charge in [0.2, 0.25) is 5.91 Å². The molecule has 0 saturated carbocycles. The molecule has 2 N–H and O–H groups in total. The van der Waals surface area contributed by atoms with E-state index in [1.54, 1.807) is 0 Å². The number of anilines is 2. The Morgan fingerprint density at radius 3 is 2.67 bits per heavy atom. The van der Waals surface area contributed by atoms with E-state index >= 15 is 0 Å². The van der Waals surface area contributed by atoms with Gasteiger partial charge in [0.1, 0.15) is 0 Å². The van der Waals surface area contributed by atoms with Crippen LogP contribution in [0.1, 0.15) is 39.5 Å². The van der Waals surface area contributed by atoms with Crippen LogP contribution in [0.4, 0.5) is 11.4 Å². The number of benzene rings is 1. The molecule has 2 saturated heterocycles. The lowest BCUT2D eigenvalue weighted by atomic mass is 9.89. The van der Waals surface area contributed by atoms with Crippen molar-refractivity contribution in [1.29, 1.82) is 0 Å². The number of nitrogens with one attached hydrogen (secondary N) is 2. The number of carbonyl (C=O) groups excluding carboxylic acids is 1. The van der Waals surface area contributed by atoms with E-state index in [1.165, 1.54) is 0 Å². The highest BCUT2D eigenvalue weighted by Gasteiger charge is 2.27. The Bertz CT molecular complexity index is 509. The average molecular weight is 287 g/mol. The molecule has 0 radical (unpaired) electrons. The van der Waals surface area contributed by atoms with Gasteiger partial charge < -0.3 is 15.5 Å². The minimum atomic E-state index is 0.206. The third-order valence-electron chi connectivity index (χ3n) is 4.48. The van der Waals surface area contributed by atoms with Crippen molar-refractivity contribution in [3.05, 3.63) is 24.3 Å². The van der Waals surface area contributed by atoms with Crippen molar-refractivity contribution in [3.8, 4) is 0 Å². The van der Waals surface area contributed by atoms with Gasteiger partial charge in [-0.15, -0.1) is 0 Å². The molecule has 2 aliphatic rings. The number of rotatable bonds is 3. The van der Waals surface area contributed by atoms with Gasteiger partial charge in [-0.2, -0.15) is 0 Å². The second-order valence-electron chi connectivity index (χ2n) is 6.84. The summed E-state index contributed by atoms with van der Waals surface area (Å²) in [5.74, 6) is 0.246. The molecular weight excluding hydrogens is 262 g/mol. The molecule has 1 amide bonds. The summed E-state index contributed by atoms with van der Waals surface area (Å²) in [6.45, 7) is 6.42. The molecule has 2 heterocycles. The Kier molecular flexibility index (Phi) is 3.89. The SMILES string of the molecule is CC1(C)CC(Nc2ccc(N3CCCC3=O)cc2)CCN1. The van der Waals surface area contributed by atoms with Crippen LogP contribution in [-0.4, -0.2) is 30.6 Å². The quantitative estimate of drug-likeness (QED) is 0.898. The summed E-state index contributed by atoms with van der Waals surface area (Å²) in [6.07, 6.45) is 3.93. The Balaban J connectivity index is 1.63. The third kappa shape index (κ3) is 3.38. The molecule has 0 bridgehead atoms. The van der Waals surface area contributed by atoms with Gasteiger partial charge in [0.05, 0.1) is 0 Å². The summed E-state index contributed by atoms with van der Waals surface area (Å²) in [5, 5.41) is 7.16. The summed E-state index contributed by atoms with van der Waals surface area (Å²) in [4.78, 5) is 13.6. The summed E-state index contributed by atoms with van der Waals surface area (Å²) >= 11 is 0. The van der Waals surface area contributed by atoms with Gasteiger partial charge in [-0.3, -0.25) is 4.79 Å². The first kappa shape index (κ1) is 14.4. The van der Waals surface area contributed by atoms with E-state index in [2.05, 4.69) is 48.7 Å². The van der Waals surface area contributed by atoms with Crippen LogP contribution in [0.2, 0.25) is 0 Å². The zero-order valence-corrected chi connectivity index (χ0v) is 13.0. The largest absolute Gasteiger partial charge is 0.382 e. The van der Waals surface area contributed by atoms with Gasteiger partial charge in [0, 0.05) is 35.9 Å². The second-order valence-corrected chi connectivity index (χ2v) is 6.84. The van der Waals surface area contributed by atoms with Crippen molar-refractivity contribution in [2.24, 2.45) is 0 Å². The van der Waals surface area contributed by atoms with Crippen molar-refractivity contribution < 1.29 is 4.79 Å². The molecule has 1 unspecified atom stereocenters. The molecule has 21 heavy (non-hydrogen) atoms.